The van der Waals surface area contributed by atoms with Gasteiger partial charge in [0.25, 0.3) is 0 Å². The third-order valence-electron chi connectivity index (χ3n) is 4.58. The first kappa shape index (κ1) is 19.1. The Hall–Kier alpha value is -2.24. The summed E-state index contributed by atoms with van der Waals surface area (Å²) in [6, 6.07) is 6.08. The molecule has 1 aromatic carbocycles. The Kier molecular flexibility index (Phi) is 5.93. The molecule has 25 heavy (non-hydrogen) atoms. The molecule has 0 atom stereocenters. The van der Waals surface area contributed by atoms with Gasteiger partial charge >= 0.3 is 6.09 Å². The summed E-state index contributed by atoms with van der Waals surface area (Å²) in [6.45, 7) is 9.20. The zero-order chi connectivity index (χ0) is 18.6. The molecule has 6 nitrogen and oxygen atoms in total. The highest BCUT2D eigenvalue weighted by Gasteiger charge is 2.29. The van der Waals surface area contributed by atoms with Crippen LogP contribution in [0.5, 0.6) is 0 Å². The van der Waals surface area contributed by atoms with E-state index in [4.69, 9.17) is 10.5 Å². The van der Waals surface area contributed by atoms with Crippen LogP contribution in [0.3, 0.4) is 0 Å². The molecule has 6 heteroatoms. The Morgan fingerprint density at radius 1 is 1.32 bits per heavy atom. The fraction of sp³-hybridized carbons (Fsp3) is 0.579. The number of carbonyl (C=O) groups excluding carboxylic acids is 2. The number of rotatable bonds is 5. The number of nitrogens with one attached hydrogen (secondary N) is 1. The molecule has 0 spiro atoms. The van der Waals surface area contributed by atoms with Crippen LogP contribution in [-0.4, -0.2) is 30.7 Å². The number of nitrogens with two attached hydrogens (primary N) is 1. The molecular formula is C19H29N3O3. The summed E-state index contributed by atoms with van der Waals surface area (Å²) >= 11 is 0. The van der Waals surface area contributed by atoms with Crippen LogP contribution in [0, 0.1) is 12.8 Å². The highest BCUT2D eigenvalue weighted by atomic mass is 16.6. The molecule has 2 amide bonds. The van der Waals surface area contributed by atoms with Crippen LogP contribution < -0.4 is 16.0 Å². The molecule has 0 radical (unpaired) electrons. The average Bonchev–Trinajstić information content (AvgIpc) is 2.47. The maximum Gasteiger partial charge on any atom is 0.405 e. The summed E-state index contributed by atoms with van der Waals surface area (Å²) in [5.74, 6) is 0.421. The Bertz CT molecular complexity index is 635. The van der Waals surface area contributed by atoms with Crippen molar-refractivity contribution in [1.82, 2.24) is 0 Å². The number of primary amides is 1. The zero-order valence-electron chi connectivity index (χ0n) is 15.6. The van der Waals surface area contributed by atoms with Gasteiger partial charge in [0, 0.05) is 20.0 Å². The van der Waals surface area contributed by atoms with Crippen LogP contribution in [0.1, 0.15) is 45.6 Å². The van der Waals surface area contributed by atoms with E-state index < -0.39 is 11.7 Å². The molecule has 0 aliphatic carbocycles. The second kappa shape index (κ2) is 7.76. The van der Waals surface area contributed by atoms with Crippen molar-refractivity contribution in [3.63, 3.8) is 0 Å². The van der Waals surface area contributed by atoms with Gasteiger partial charge in [0.15, 0.2) is 0 Å². The highest BCUT2D eigenvalue weighted by molar-refractivity contribution is 5.93. The zero-order valence-corrected chi connectivity index (χ0v) is 15.6. The maximum atomic E-state index is 11.4. The minimum Gasteiger partial charge on any atom is -0.444 e. The van der Waals surface area contributed by atoms with Crippen LogP contribution in [0.25, 0.3) is 0 Å². The lowest BCUT2D eigenvalue weighted by molar-refractivity contribution is -0.114. The largest absolute Gasteiger partial charge is 0.444 e. The molecule has 1 aliphatic rings. The van der Waals surface area contributed by atoms with E-state index in [0.29, 0.717) is 5.92 Å². The van der Waals surface area contributed by atoms with Gasteiger partial charge in [-0.3, -0.25) is 4.79 Å². The SMILES string of the molecule is CC(=O)Nc1ccc(C)cc1N1CCC(CC(C)(C)OC(N)=O)CC1. The van der Waals surface area contributed by atoms with Gasteiger partial charge in [0.05, 0.1) is 11.4 Å². The fourth-order valence-electron chi connectivity index (χ4n) is 3.59. The molecule has 0 unspecified atom stereocenters. The number of carbonyl (C=O) groups is 2. The first-order chi connectivity index (χ1) is 11.7. The number of ether oxygens (including phenoxy) is 1. The van der Waals surface area contributed by atoms with Crippen molar-refractivity contribution in [3.8, 4) is 0 Å². The normalized spacial score (nSPS) is 15.8. The molecule has 1 aliphatic heterocycles. The lowest BCUT2D eigenvalue weighted by Gasteiger charge is -2.37. The Morgan fingerprint density at radius 3 is 2.52 bits per heavy atom. The van der Waals surface area contributed by atoms with E-state index in [1.807, 2.05) is 26.0 Å². The van der Waals surface area contributed by atoms with Crippen LogP contribution in [0.2, 0.25) is 0 Å². The first-order valence-corrected chi connectivity index (χ1v) is 8.78. The van der Waals surface area contributed by atoms with Gasteiger partial charge in [-0.15, -0.1) is 0 Å². The van der Waals surface area contributed by atoms with Gasteiger partial charge in [0.1, 0.15) is 5.60 Å². The number of nitrogens with zero attached hydrogens (tertiary/aromatic N) is 1. The van der Waals surface area contributed by atoms with Crippen molar-refractivity contribution in [1.29, 1.82) is 0 Å². The molecule has 138 valence electrons. The van der Waals surface area contributed by atoms with E-state index in [1.54, 1.807) is 0 Å². The van der Waals surface area contributed by atoms with Gasteiger partial charge in [-0.25, -0.2) is 4.79 Å². The van der Waals surface area contributed by atoms with Crippen LogP contribution in [0.15, 0.2) is 18.2 Å². The van der Waals surface area contributed by atoms with E-state index in [1.165, 1.54) is 12.5 Å². The van der Waals surface area contributed by atoms with Crippen molar-refractivity contribution in [2.45, 2.75) is 52.6 Å². The van der Waals surface area contributed by atoms with E-state index in [2.05, 4.69) is 23.2 Å². The summed E-state index contributed by atoms with van der Waals surface area (Å²) in [4.78, 5) is 24.8. The van der Waals surface area contributed by atoms with E-state index in [0.717, 1.165) is 43.7 Å². The van der Waals surface area contributed by atoms with Gasteiger partial charge in [-0.2, -0.15) is 0 Å². The standard InChI is InChI=1S/C19H29N3O3/c1-13-5-6-16(21-14(2)23)17(11-13)22-9-7-15(8-10-22)12-19(3,4)25-18(20)24/h5-6,11,15H,7-10,12H2,1-4H3,(H2,20,24)(H,21,23). The number of benzene rings is 1. The number of aryl methyl sites for hydroxylation is 1. The maximum absolute atomic E-state index is 11.4. The second-order valence-electron chi connectivity index (χ2n) is 7.52. The molecule has 1 saturated heterocycles. The van der Waals surface area contributed by atoms with Crippen molar-refractivity contribution in [3.05, 3.63) is 23.8 Å². The number of amides is 2. The van der Waals surface area contributed by atoms with Gasteiger partial charge in [-0.1, -0.05) is 6.07 Å². The smallest absolute Gasteiger partial charge is 0.405 e. The number of piperidine rings is 1. The highest BCUT2D eigenvalue weighted by Crippen LogP contribution is 2.34. The van der Waals surface area contributed by atoms with Crippen LogP contribution >= 0.6 is 0 Å². The van der Waals surface area contributed by atoms with Gasteiger partial charge < -0.3 is 20.7 Å². The third-order valence-corrected chi connectivity index (χ3v) is 4.58. The molecule has 1 heterocycles. The van der Waals surface area contributed by atoms with Crippen molar-refractivity contribution >= 4 is 23.4 Å². The lowest BCUT2D eigenvalue weighted by Crippen LogP contribution is -2.39. The predicted octanol–water partition coefficient (Wildman–Crippen LogP) is 3.43. The molecule has 0 saturated carbocycles. The Morgan fingerprint density at radius 2 is 1.96 bits per heavy atom. The molecular weight excluding hydrogens is 318 g/mol. The Labute approximate surface area is 149 Å². The molecule has 1 fully saturated rings. The minimum atomic E-state index is -0.720. The second-order valence-corrected chi connectivity index (χ2v) is 7.52. The molecule has 1 aromatic rings. The number of anilines is 2. The Balaban J connectivity index is 2.01. The molecule has 3 N–H and O–H groups in total. The summed E-state index contributed by atoms with van der Waals surface area (Å²) in [5, 5.41) is 2.92. The minimum absolute atomic E-state index is 0.0645. The predicted molar refractivity (Wildman–Crippen MR) is 99.8 cm³/mol. The van der Waals surface area contributed by atoms with Gasteiger partial charge in [-0.05, 0) is 63.6 Å². The summed E-state index contributed by atoms with van der Waals surface area (Å²) < 4.78 is 5.21. The summed E-state index contributed by atoms with van der Waals surface area (Å²) in [6.07, 6.45) is 2.11. The first-order valence-electron chi connectivity index (χ1n) is 8.78. The third kappa shape index (κ3) is 5.66. The summed E-state index contributed by atoms with van der Waals surface area (Å²) in [5.41, 5.74) is 7.70. The monoisotopic (exact) mass is 347 g/mol. The topological polar surface area (TPSA) is 84.7 Å². The van der Waals surface area contributed by atoms with E-state index in [-0.39, 0.29) is 5.91 Å². The van der Waals surface area contributed by atoms with E-state index >= 15 is 0 Å². The van der Waals surface area contributed by atoms with E-state index in [9.17, 15) is 9.59 Å². The molecule has 0 aromatic heterocycles. The fourth-order valence-corrected chi connectivity index (χ4v) is 3.59. The summed E-state index contributed by atoms with van der Waals surface area (Å²) in [7, 11) is 0. The van der Waals surface area contributed by atoms with Crippen molar-refractivity contribution in [2.24, 2.45) is 11.7 Å². The van der Waals surface area contributed by atoms with Crippen molar-refractivity contribution in [2.75, 3.05) is 23.3 Å². The quantitative estimate of drug-likeness (QED) is 0.854. The number of hydrogen-bond donors (Lipinski definition) is 2. The van der Waals surface area contributed by atoms with Crippen LogP contribution in [0.4, 0.5) is 16.2 Å². The average molecular weight is 347 g/mol. The molecule has 0 bridgehead atoms. The molecule has 2 rings (SSSR count). The number of hydrogen-bond acceptors (Lipinski definition) is 4. The van der Waals surface area contributed by atoms with Gasteiger partial charge in [0.2, 0.25) is 5.91 Å². The van der Waals surface area contributed by atoms with Crippen molar-refractivity contribution < 1.29 is 14.3 Å². The lowest BCUT2D eigenvalue weighted by atomic mass is 9.86. The van der Waals surface area contributed by atoms with Crippen LogP contribution in [-0.2, 0) is 9.53 Å².